The summed E-state index contributed by atoms with van der Waals surface area (Å²) in [5.74, 6) is 0.312. The van der Waals surface area contributed by atoms with Gasteiger partial charge in [-0.15, -0.1) is 0 Å². The Morgan fingerprint density at radius 1 is 1.47 bits per heavy atom. The first-order valence-corrected chi connectivity index (χ1v) is 6.19. The number of nitrogens with zero attached hydrogens (tertiary/aromatic N) is 1. The van der Waals surface area contributed by atoms with Gasteiger partial charge in [-0.1, -0.05) is 6.07 Å². The van der Waals surface area contributed by atoms with Crippen molar-refractivity contribution in [2.75, 3.05) is 13.1 Å². The summed E-state index contributed by atoms with van der Waals surface area (Å²) < 4.78 is 0. The minimum absolute atomic E-state index is 0.0152. The SMILES string of the molecule is C[C@@H](NC(=O)C1CCNCC1)c1ccccn1. The zero-order valence-corrected chi connectivity index (χ0v) is 10.1. The fourth-order valence-electron chi connectivity index (χ4n) is 2.12. The van der Waals surface area contributed by atoms with Crippen LogP contribution in [0.2, 0.25) is 0 Å². The van der Waals surface area contributed by atoms with Gasteiger partial charge in [0, 0.05) is 12.1 Å². The first-order valence-electron chi connectivity index (χ1n) is 6.19. The van der Waals surface area contributed by atoms with E-state index in [0.29, 0.717) is 0 Å². The highest BCUT2D eigenvalue weighted by Gasteiger charge is 2.22. The molecule has 2 rings (SSSR count). The molecule has 0 aliphatic carbocycles. The van der Waals surface area contributed by atoms with Crippen LogP contribution in [0.3, 0.4) is 0 Å². The Morgan fingerprint density at radius 3 is 2.88 bits per heavy atom. The van der Waals surface area contributed by atoms with Crippen molar-refractivity contribution in [3.05, 3.63) is 30.1 Å². The van der Waals surface area contributed by atoms with Crippen molar-refractivity contribution in [1.29, 1.82) is 0 Å². The minimum atomic E-state index is -0.0152. The summed E-state index contributed by atoms with van der Waals surface area (Å²) in [6.45, 7) is 3.85. The Kier molecular flexibility index (Phi) is 4.09. The molecule has 1 amide bonds. The van der Waals surface area contributed by atoms with Crippen LogP contribution in [0.25, 0.3) is 0 Å². The number of aromatic nitrogens is 1. The molecule has 1 aromatic rings. The van der Waals surface area contributed by atoms with Crippen LogP contribution >= 0.6 is 0 Å². The summed E-state index contributed by atoms with van der Waals surface area (Å²) in [7, 11) is 0. The van der Waals surface area contributed by atoms with Crippen LogP contribution in [-0.2, 0) is 4.79 Å². The van der Waals surface area contributed by atoms with Crippen molar-refractivity contribution in [1.82, 2.24) is 15.6 Å². The van der Waals surface area contributed by atoms with E-state index < -0.39 is 0 Å². The van der Waals surface area contributed by atoms with Crippen LogP contribution in [0.4, 0.5) is 0 Å². The Hall–Kier alpha value is -1.42. The van der Waals surface area contributed by atoms with E-state index in [1.165, 1.54) is 0 Å². The molecular formula is C13H19N3O. The van der Waals surface area contributed by atoms with E-state index in [1.807, 2.05) is 25.1 Å². The molecule has 0 radical (unpaired) electrons. The number of carbonyl (C=O) groups is 1. The van der Waals surface area contributed by atoms with Crippen LogP contribution in [-0.4, -0.2) is 24.0 Å². The van der Waals surface area contributed by atoms with Gasteiger partial charge in [0.2, 0.25) is 5.91 Å². The molecule has 4 heteroatoms. The van der Waals surface area contributed by atoms with Gasteiger partial charge in [-0.05, 0) is 45.0 Å². The number of hydrogen-bond acceptors (Lipinski definition) is 3. The average molecular weight is 233 g/mol. The molecule has 1 aliphatic rings. The lowest BCUT2D eigenvalue weighted by atomic mass is 9.97. The average Bonchev–Trinajstić information content (AvgIpc) is 2.40. The van der Waals surface area contributed by atoms with Gasteiger partial charge in [0.15, 0.2) is 0 Å². The molecule has 0 unspecified atom stereocenters. The number of carbonyl (C=O) groups excluding carboxylic acids is 1. The summed E-state index contributed by atoms with van der Waals surface area (Å²) in [4.78, 5) is 16.3. The summed E-state index contributed by atoms with van der Waals surface area (Å²) in [5, 5.41) is 6.30. The van der Waals surface area contributed by atoms with Gasteiger partial charge in [0.1, 0.15) is 0 Å². The van der Waals surface area contributed by atoms with Crippen LogP contribution in [0, 0.1) is 5.92 Å². The largest absolute Gasteiger partial charge is 0.348 e. The molecule has 0 aromatic carbocycles. The maximum absolute atomic E-state index is 12.0. The van der Waals surface area contributed by atoms with E-state index in [-0.39, 0.29) is 17.9 Å². The van der Waals surface area contributed by atoms with Gasteiger partial charge in [-0.3, -0.25) is 9.78 Å². The number of nitrogens with one attached hydrogen (secondary N) is 2. The fraction of sp³-hybridized carbons (Fsp3) is 0.538. The minimum Gasteiger partial charge on any atom is -0.348 e. The lowest BCUT2D eigenvalue weighted by Gasteiger charge is -2.23. The third-order valence-electron chi connectivity index (χ3n) is 3.20. The van der Waals surface area contributed by atoms with Crippen molar-refractivity contribution >= 4 is 5.91 Å². The molecule has 1 aromatic heterocycles. The van der Waals surface area contributed by atoms with Gasteiger partial charge >= 0.3 is 0 Å². The topological polar surface area (TPSA) is 54.0 Å². The highest BCUT2D eigenvalue weighted by atomic mass is 16.1. The van der Waals surface area contributed by atoms with Crippen molar-refractivity contribution < 1.29 is 4.79 Å². The molecule has 1 saturated heterocycles. The normalized spacial score (nSPS) is 18.6. The molecule has 92 valence electrons. The molecule has 4 nitrogen and oxygen atoms in total. The van der Waals surface area contributed by atoms with E-state index in [9.17, 15) is 4.79 Å². The number of hydrogen-bond donors (Lipinski definition) is 2. The number of piperidine rings is 1. The maximum atomic E-state index is 12.0. The van der Waals surface area contributed by atoms with Gasteiger partial charge < -0.3 is 10.6 Å². The van der Waals surface area contributed by atoms with E-state index in [0.717, 1.165) is 31.6 Å². The third-order valence-corrected chi connectivity index (χ3v) is 3.20. The molecule has 1 fully saturated rings. The standard InChI is InChI=1S/C13H19N3O/c1-10(12-4-2-3-7-15-12)16-13(17)11-5-8-14-9-6-11/h2-4,7,10-11,14H,5-6,8-9H2,1H3,(H,16,17)/t10-/m1/s1. The van der Waals surface area contributed by atoms with E-state index >= 15 is 0 Å². The van der Waals surface area contributed by atoms with Gasteiger partial charge in [0.25, 0.3) is 0 Å². The second kappa shape index (κ2) is 5.77. The molecule has 0 bridgehead atoms. The van der Waals surface area contributed by atoms with Crippen LogP contribution in [0.1, 0.15) is 31.5 Å². The smallest absolute Gasteiger partial charge is 0.223 e. The number of amides is 1. The monoisotopic (exact) mass is 233 g/mol. The van der Waals surface area contributed by atoms with Crippen molar-refractivity contribution in [3.8, 4) is 0 Å². The molecule has 0 saturated carbocycles. The zero-order valence-electron chi connectivity index (χ0n) is 10.1. The second-order valence-corrected chi connectivity index (χ2v) is 4.51. The van der Waals surface area contributed by atoms with Gasteiger partial charge in [-0.2, -0.15) is 0 Å². The molecular weight excluding hydrogens is 214 g/mol. The lowest BCUT2D eigenvalue weighted by Crippen LogP contribution is -2.39. The highest BCUT2D eigenvalue weighted by molar-refractivity contribution is 5.79. The fourth-order valence-corrected chi connectivity index (χ4v) is 2.12. The van der Waals surface area contributed by atoms with Crippen molar-refractivity contribution in [2.24, 2.45) is 5.92 Å². The summed E-state index contributed by atoms with van der Waals surface area (Å²) in [6, 6.07) is 5.74. The Morgan fingerprint density at radius 2 is 2.24 bits per heavy atom. The zero-order chi connectivity index (χ0) is 12.1. The van der Waals surface area contributed by atoms with E-state index in [1.54, 1.807) is 6.20 Å². The molecule has 2 N–H and O–H groups in total. The molecule has 17 heavy (non-hydrogen) atoms. The molecule has 1 aliphatic heterocycles. The Labute approximate surface area is 102 Å². The van der Waals surface area contributed by atoms with Crippen LogP contribution in [0.15, 0.2) is 24.4 Å². The van der Waals surface area contributed by atoms with E-state index in [2.05, 4.69) is 15.6 Å². The summed E-state index contributed by atoms with van der Waals surface area (Å²) in [5.41, 5.74) is 0.912. The maximum Gasteiger partial charge on any atom is 0.223 e. The predicted octanol–water partition coefficient (Wildman–Crippen LogP) is 1.26. The molecule has 2 heterocycles. The Bertz CT molecular complexity index is 360. The molecule has 0 spiro atoms. The number of rotatable bonds is 3. The van der Waals surface area contributed by atoms with Crippen molar-refractivity contribution in [3.63, 3.8) is 0 Å². The Balaban J connectivity index is 1.89. The van der Waals surface area contributed by atoms with Crippen LogP contribution in [0.5, 0.6) is 0 Å². The third kappa shape index (κ3) is 3.27. The first-order chi connectivity index (χ1) is 8.27. The van der Waals surface area contributed by atoms with Crippen LogP contribution < -0.4 is 10.6 Å². The second-order valence-electron chi connectivity index (χ2n) is 4.51. The lowest BCUT2D eigenvalue weighted by molar-refractivity contribution is -0.126. The first kappa shape index (κ1) is 12.0. The summed E-state index contributed by atoms with van der Waals surface area (Å²) >= 11 is 0. The number of pyridine rings is 1. The quantitative estimate of drug-likeness (QED) is 0.826. The predicted molar refractivity (Wildman–Crippen MR) is 66.4 cm³/mol. The van der Waals surface area contributed by atoms with Crippen molar-refractivity contribution in [2.45, 2.75) is 25.8 Å². The van der Waals surface area contributed by atoms with Gasteiger partial charge in [-0.25, -0.2) is 0 Å². The summed E-state index contributed by atoms with van der Waals surface area (Å²) in [6.07, 6.45) is 3.62. The molecule has 1 atom stereocenters. The highest BCUT2D eigenvalue weighted by Crippen LogP contribution is 2.14. The van der Waals surface area contributed by atoms with E-state index in [4.69, 9.17) is 0 Å². The van der Waals surface area contributed by atoms with Gasteiger partial charge in [0.05, 0.1) is 11.7 Å².